The van der Waals surface area contributed by atoms with Crippen LogP contribution in [0.4, 0.5) is 24.7 Å². The predicted octanol–water partition coefficient (Wildman–Crippen LogP) is 3.84. The molecule has 5 heterocycles. The van der Waals surface area contributed by atoms with E-state index in [9.17, 15) is 26.4 Å². The number of piperazine rings is 1. The lowest BCUT2D eigenvalue weighted by atomic mass is 10.1. The van der Waals surface area contributed by atoms with Crippen molar-refractivity contribution in [3.8, 4) is 17.1 Å². The number of fused-ring (bicyclic) bond motifs is 3. The second-order valence-corrected chi connectivity index (χ2v) is 11.8. The Bertz CT molecular complexity index is 1880. The number of nitrogens with one attached hydrogen (secondary N) is 1. The van der Waals surface area contributed by atoms with E-state index in [-0.39, 0.29) is 23.7 Å². The lowest BCUT2D eigenvalue weighted by Crippen LogP contribution is -2.56. The molecule has 222 valence electrons. The van der Waals surface area contributed by atoms with Gasteiger partial charge in [0.2, 0.25) is 5.88 Å². The highest BCUT2D eigenvalue weighted by Gasteiger charge is 2.44. The molecule has 43 heavy (non-hydrogen) atoms. The zero-order chi connectivity index (χ0) is 30.5. The molecular formula is C28H24F3N7O4S. The van der Waals surface area contributed by atoms with Crippen LogP contribution in [0.2, 0.25) is 0 Å². The summed E-state index contributed by atoms with van der Waals surface area (Å²) >= 11 is 0. The second kappa shape index (κ2) is 10.8. The van der Waals surface area contributed by atoms with E-state index in [0.29, 0.717) is 47.3 Å². The highest BCUT2D eigenvalue weighted by Crippen LogP contribution is 2.36. The van der Waals surface area contributed by atoms with Gasteiger partial charge in [-0.2, -0.15) is 0 Å². The molecular weight excluding hydrogens is 587 g/mol. The number of aromatic nitrogens is 4. The van der Waals surface area contributed by atoms with E-state index in [0.717, 1.165) is 25.0 Å². The lowest BCUT2D eigenvalue weighted by molar-refractivity contribution is -0.131. The summed E-state index contributed by atoms with van der Waals surface area (Å²) in [6.45, 7) is 4.00. The number of amides is 1. The maximum absolute atomic E-state index is 14.3. The quantitative estimate of drug-likeness (QED) is 0.310. The summed E-state index contributed by atoms with van der Waals surface area (Å²) in [4.78, 5) is 32.9. The molecule has 1 N–H and O–H groups in total. The molecule has 1 aromatic carbocycles. The number of nitrogens with zero attached hydrogens (tertiary/aromatic N) is 6. The normalized spacial score (nSPS) is 18.1. The summed E-state index contributed by atoms with van der Waals surface area (Å²) in [5, 5.41) is 0. The van der Waals surface area contributed by atoms with Crippen molar-refractivity contribution >= 4 is 38.5 Å². The Labute approximate surface area is 244 Å². The molecule has 2 fully saturated rings. The fourth-order valence-electron chi connectivity index (χ4n) is 5.59. The Morgan fingerprint density at radius 1 is 1.07 bits per heavy atom. The molecule has 0 saturated carbocycles. The van der Waals surface area contributed by atoms with Gasteiger partial charge in [-0.25, -0.2) is 41.5 Å². The smallest absolute Gasteiger partial charge is 0.282 e. The first-order chi connectivity index (χ1) is 20.6. The Balaban J connectivity index is 1.34. The van der Waals surface area contributed by atoms with E-state index < -0.39 is 38.3 Å². The molecule has 2 aliphatic heterocycles. The van der Waals surface area contributed by atoms with Gasteiger partial charge in [0.1, 0.15) is 34.1 Å². The lowest BCUT2D eigenvalue weighted by Gasteiger charge is -2.41. The van der Waals surface area contributed by atoms with Crippen LogP contribution in [-0.2, 0) is 14.8 Å². The van der Waals surface area contributed by atoms with Gasteiger partial charge in [0.05, 0.1) is 30.4 Å². The number of benzene rings is 1. The first-order valence-corrected chi connectivity index (χ1v) is 14.6. The maximum Gasteiger partial charge on any atom is 0.282 e. The Hall–Kier alpha value is -4.79. The fraction of sp³-hybridized carbons (Fsp3) is 0.250. The average molecular weight is 612 g/mol. The second-order valence-electron chi connectivity index (χ2n) is 10.1. The summed E-state index contributed by atoms with van der Waals surface area (Å²) in [7, 11) is -3.19. The number of sulfonamides is 1. The fourth-order valence-corrected chi connectivity index (χ4v) is 6.70. The Morgan fingerprint density at radius 3 is 2.49 bits per heavy atom. The molecule has 2 saturated heterocycles. The SMILES string of the molecule is C=C(F)C(=O)N1C2CCC1CN(c1ncnc3ccc(-c4cnc(OC)c(NS(=O)(=O)c5ccc(F)cc5F)c4)nc13)C2. The first-order valence-electron chi connectivity index (χ1n) is 13.1. The highest BCUT2D eigenvalue weighted by atomic mass is 32.2. The van der Waals surface area contributed by atoms with Gasteiger partial charge in [0, 0.05) is 30.9 Å². The monoisotopic (exact) mass is 611 g/mol. The minimum atomic E-state index is -4.48. The number of carbonyl (C=O) groups is 1. The van der Waals surface area contributed by atoms with Gasteiger partial charge < -0.3 is 14.5 Å². The number of pyridine rings is 2. The standard InChI is InChI=1S/C28H24F3N7O4S/c1-15(29)28(39)38-18-4-5-19(38)13-37(12-18)26-25-22(33-14-34-26)7-6-21(35-25)16-9-23(27(42-2)32-11-16)36-43(40,41)24-8-3-17(30)10-20(24)31/h3,6-11,14,18-19,36H,1,4-5,12-13H2,2H3. The van der Waals surface area contributed by atoms with Gasteiger partial charge in [-0.1, -0.05) is 6.58 Å². The Morgan fingerprint density at radius 2 is 1.81 bits per heavy atom. The number of carbonyl (C=O) groups excluding carboxylic acids is 1. The van der Waals surface area contributed by atoms with Gasteiger partial charge >= 0.3 is 0 Å². The van der Waals surface area contributed by atoms with Crippen LogP contribution in [0, 0.1) is 11.6 Å². The minimum absolute atomic E-state index is 0.0847. The number of hydrogen-bond donors (Lipinski definition) is 1. The number of halogens is 3. The van der Waals surface area contributed by atoms with Gasteiger partial charge in [-0.3, -0.25) is 9.52 Å². The van der Waals surface area contributed by atoms with Crippen molar-refractivity contribution in [2.45, 2.75) is 29.8 Å². The molecule has 2 atom stereocenters. The molecule has 0 spiro atoms. The van der Waals surface area contributed by atoms with Gasteiger partial charge in [-0.05, 0) is 43.2 Å². The van der Waals surface area contributed by atoms with Crippen molar-refractivity contribution in [3.63, 3.8) is 0 Å². The molecule has 2 aliphatic rings. The third-order valence-electron chi connectivity index (χ3n) is 7.48. The van der Waals surface area contributed by atoms with Crippen LogP contribution < -0.4 is 14.4 Å². The molecule has 1 amide bonds. The molecule has 0 aliphatic carbocycles. The van der Waals surface area contributed by atoms with Crippen LogP contribution in [-0.4, -0.2) is 71.4 Å². The van der Waals surface area contributed by atoms with E-state index in [1.165, 1.54) is 25.7 Å². The van der Waals surface area contributed by atoms with E-state index in [2.05, 4.69) is 26.3 Å². The molecule has 2 bridgehead atoms. The molecule has 3 aromatic heterocycles. The number of rotatable bonds is 7. The van der Waals surface area contributed by atoms with Crippen LogP contribution in [0.1, 0.15) is 12.8 Å². The van der Waals surface area contributed by atoms with E-state index in [4.69, 9.17) is 9.72 Å². The molecule has 2 unspecified atom stereocenters. The van der Waals surface area contributed by atoms with Crippen molar-refractivity contribution < 1.29 is 31.1 Å². The maximum atomic E-state index is 14.3. The summed E-state index contributed by atoms with van der Waals surface area (Å²) in [5.74, 6) is -3.41. The third-order valence-corrected chi connectivity index (χ3v) is 8.88. The first kappa shape index (κ1) is 28.3. The van der Waals surface area contributed by atoms with Crippen LogP contribution in [0.15, 0.2) is 66.2 Å². The molecule has 15 heteroatoms. The third kappa shape index (κ3) is 5.20. The molecule has 4 aromatic rings. The zero-order valence-electron chi connectivity index (χ0n) is 22.7. The van der Waals surface area contributed by atoms with Crippen molar-refractivity contribution in [1.29, 1.82) is 0 Å². The minimum Gasteiger partial charge on any atom is -0.480 e. The van der Waals surface area contributed by atoms with Gasteiger partial charge in [-0.15, -0.1) is 0 Å². The summed E-state index contributed by atoms with van der Waals surface area (Å²) in [5.41, 5.74) is 1.71. The number of hydrogen-bond acceptors (Lipinski definition) is 9. The summed E-state index contributed by atoms with van der Waals surface area (Å²) in [6, 6.07) is 6.54. The van der Waals surface area contributed by atoms with Crippen LogP contribution in [0.3, 0.4) is 0 Å². The predicted molar refractivity (Wildman–Crippen MR) is 150 cm³/mol. The average Bonchev–Trinajstić information content (AvgIpc) is 3.24. The highest BCUT2D eigenvalue weighted by molar-refractivity contribution is 7.92. The van der Waals surface area contributed by atoms with E-state index in [1.54, 1.807) is 17.0 Å². The van der Waals surface area contributed by atoms with Crippen LogP contribution in [0.5, 0.6) is 5.88 Å². The molecule has 0 radical (unpaired) electrons. The van der Waals surface area contributed by atoms with Crippen molar-refractivity contribution in [1.82, 2.24) is 24.8 Å². The molecule has 11 nitrogen and oxygen atoms in total. The van der Waals surface area contributed by atoms with E-state index >= 15 is 0 Å². The van der Waals surface area contributed by atoms with Gasteiger partial charge in [0.15, 0.2) is 11.6 Å². The van der Waals surface area contributed by atoms with Crippen LogP contribution in [0.25, 0.3) is 22.3 Å². The number of anilines is 2. The van der Waals surface area contributed by atoms with Crippen molar-refractivity contribution in [3.05, 3.63) is 73.0 Å². The zero-order valence-corrected chi connectivity index (χ0v) is 23.5. The van der Waals surface area contributed by atoms with E-state index in [1.807, 2.05) is 4.90 Å². The largest absolute Gasteiger partial charge is 0.480 e. The molecule has 6 rings (SSSR count). The Kier molecular flexibility index (Phi) is 7.12. The van der Waals surface area contributed by atoms with Crippen molar-refractivity contribution in [2.75, 3.05) is 29.8 Å². The summed E-state index contributed by atoms with van der Waals surface area (Å²) < 4.78 is 74.7. The summed E-state index contributed by atoms with van der Waals surface area (Å²) in [6.07, 6.45) is 4.29. The number of methoxy groups -OCH3 is 1. The topological polar surface area (TPSA) is 131 Å². The van der Waals surface area contributed by atoms with Crippen LogP contribution >= 0.6 is 0 Å². The number of ether oxygens (including phenoxy) is 1. The van der Waals surface area contributed by atoms with Crippen molar-refractivity contribution in [2.24, 2.45) is 0 Å². The van der Waals surface area contributed by atoms with Gasteiger partial charge in [0.25, 0.3) is 15.9 Å².